The highest BCUT2D eigenvalue weighted by Gasteiger charge is 2.06. The zero-order chi connectivity index (χ0) is 19.2. The topological polar surface area (TPSA) is 68.5 Å². The van der Waals surface area contributed by atoms with E-state index in [1.807, 2.05) is 0 Å². The van der Waals surface area contributed by atoms with Gasteiger partial charge in [0.25, 0.3) is 0 Å². The Labute approximate surface area is 155 Å². The van der Waals surface area contributed by atoms with Gasteiger partial charge in [-0.1, -0.05) is 12.1 Å². The predicted molar refractivity (Wildman–Crippen MR) is 101 cm³/mol. The molecule has 0 atom stereocenters. The first kappa shape index (κ1) is 18.4. The van der Waals surface area contributed by atoms with E-state index in [9.17, 15) is 14.0 Å². The fraction of sp³-hybridized carbons (Fsp3) is 0.143. The number of benzene rings is 2. The minimum absolute atomic E-state index is 0.234. The molecule has 0 spiro atoms. The number of hydrogen-bond acceptors (Lipinski definition) is 4. The molecule has 138 valence electrons. The zero-order valence-corrected chi connectivity index (χ0v) is 14.7. The molecule has 0 radical (unpaired) electrons. The number of ether oxygens (including phenoxy) is 1. The van der Waals surface area contributed by atoms with Gasteiger partial charge in [0.05, 0.1) is 18.1 Å². The number of fused-ring (bicyclic) bond motifs is 1. The molecule has 6 heteroatoms. The Balaban J connectivity index is 1.64. The molecule has 1 N–H and O–H groups in total. The molecule has 3 rings (SSSR count). The van der Waals surface area contributed by atoms with Crippen LogP contribution in [0.5, 0.6) is 5.75 Å². The van der Waals surface area contributed by atoms with Crippen molar-refractivity contribution in [3.05, 3.63) is 82.0 Å². The first-order chi connectivity index (χ1) is 13.1. The fourth-order valence-corrected chi connectivity index (χ4v) is 2.61. The largest absolute Gasteiger partial charge is 0.497 e. The van der Waals surface area contributed by atoms with E-state index in [0.717, 1.165) is 5.56 Å². The second-order valence-electron chi connectivity index (χ2n) is 5.89. The van der Waals surface area contributed by atoms with Crippen molar-refractivity contribution >= 4 is 23.0 Å². The summed E-state index contributed by atoms with van der Waals surface area (Å²) < 4.78 is 23.7. The summed E-state index contributed by atoms with van der Waals surface area (Å²) in [5, 5.41) is 3.10. The summed E-state index contributed by atoms with van der Waals surface area (Å²) in [4.78, 5) is 24.4. The smallest absolute Gasteiger partial charge is 0.244 e. The van der Waals surface area contributed by atoms with Crippen molar-refractivity contribution in [3.63, 3.8) is 0 Å². The van der Waals surface area contributed by atoms with E-state index >= 15 is 0 Å². The number of methoxy groups -OCH3 is 1. The van der Waals surface area contributed by atoms with Crippen LogP contribution in [0, 0.1) is 5.82 Å². The number of amides is 1. The van der Waals surface area contributed by atoms with Crippen molar-refractivity contribution < 1.29 is 18.3 Å². The van der Waals surface area contributed by atoms with Crippen molar-refractivity contribution in [3.8, 4) is 5.75 Å². The molecular formula is C21H18FNO4. The van der Waals surface area contributed by atoms with E-state index in [1.165, 1.54) is 37.7 Å². The van der Waals surface area contributed by atoms with Crippen LogP contribution in [0.15, 0.2) is 64.0 Å². The van der Waals surface area contributed by atoms with E-state index < -0.39 is 0 Å². The molecule has 0 aliphatic carbocycles. The van der Waals surface area contributed by atoms with Gasteiger partial charge in [-0.2, -0.15) is 0 Å². The SMILES string of the molecule is COc1ccc2c(=O)c(/C=C/C(=O)NCCc3cccc(F)c3)coc2c1. The maximum atomic E-state index is 13.1. The standard InChI is InChI=1S/C21H18FNO4/c1-26-17-6-7-18-19(12-17)27-13-15(21(18)25)5-8-20(24)23-10-9-14-3-2-4-16(22)11-14/h2-8,11-13H,9-10H2,1H3,(H,23,24)/b8-5+. The van der Waals surface area contributed by atoms with Crippen molar-refractivity contribution in [1.29, 1.82) is 0 Å². The summed E-state index contributed by atoms with van der Waals surface area (Å²) in [6.07, 6.45) is 4.50. The summed E-state index contributed by atoms with van der Waals surface area (Å²) in [5.74, 6) is -0.0633. The van der Waals surface area contributed by atoms with Gasteiger partial charge < -0.3 is 14.5 Å². The van der Waals surface area contributed by atoms with Gasteiger partial charge in [-0.3, -0.25) is 9.59 Å². The second kappa shape index (κ2) is 8.31. The third-order valence-corrected chi connectivity index (χ3v) is 4.02. The Bertz CT molecular complexity index is 1060. The maximum Gasteiger partial charge on any atom is 0.244 e. The maximum absolute atomic E-state index is 13.1. The normalized spacial score (nSPS) is 11.0. The molecule has 3 aromatic rings. The van der Waals surface area contributed by atoms with Gasteiger partial charge in [-0.15, -0.1) is 0 Å². The number of hydrogen-bond donors (Lipinski definition) is 1. The molecule has 0 unspecified atom stereocenters. The van der Waals surface area contributed by atoms with Crippen LogP contribution >= 0.6 is 0 Å². The fourth-order valence-electron chi connectivity index (χ4n) is 2.61. The molecule has 0 fully saturated rings. The van der Waals surface area contributed by atoms with Gasteiger partial charge in [0, 0.05) is 18.7 Å². The van der Waals surface area contributed by atoms with Crippen LogP contribution in [0.25, 0.3) is 17.0 Å². The Kier molecular flexibility index (Phi) is 5.66. The first-order valence-corrected chi connectivity index (χ1v) is 8.37. The highest BCUT2D eigenvalue weighted by molar-refractivity contribution is 5.92. The lowest BCUT2D eigenvalue weighted by atomic mass is 10.1. The van der Waals surface area contributed by atoms with Crippen molar-refractivity contribution in [1.82, 2.24) is 5.32 Å². The van der Waals surface area contributed by atoms with Crippen molar-refractivity contribution in [2.75, 3.05) is 13.7 Å². The first-order valence-electron chi connectivity index (χ1n) is 8.37. The average molecular weight is 367 g/mol. The lowest BCUT2D eigenvalue weighted by Crippen LogP contribution is -2.23. The summed E-state index contributed by atoms with van der Waals surface area (Å²) in [6, 6.07) is 11.1. The van der Waals surface area contributed by atoms with Gasteiger partial charge in [0.15, 0.2) is 5.43 Å². The lowest BCUT2D eigenvalue weighted by Gasteiger charge is -2.03. The molecule has 0 aliphatic heterocycles. The number of halogens is 1. The van der Waals surface area contributed by atoms with Gasteiger partial charge in [0.2, 0.25) is 5.91 Å². The number of carbonyl (C=O) groups is 1. The molecule has 2 aromatic carbocycles. The minimum Gasteiger partial charge on any atom is -0.497 e. The zero-order valence-electron chi connectivity index (χ0n) is 14.7. The summed E-state index contributed by atoms with van der Waals surface area (Å²) in [7, 11) is 1.53. The van der Waals surface area contributed by atoms with Crippen LogP contribution in [-0.4, -0.2) is 19.6 Å². The molecule has 1 amide bonds. The van der Waals surface area contributed by atoms with E-state index in [-0.39, 0.29) is 22.7 Å². The van der Waals surface area contributed by atoms with Crippen LogP contribution < -0.4 is 15.5 Å². The molecule has 0 saturated carbocycles. The molecule has 0 aliphatic rings. The number of nitrogens with one attached hydrogen (secondary N) is 1. The Hall–Kier alpha value is -3.41. The van der Waals surface area contributed by atoms with Crippen molar-refractivity contribution in [2.24, 2.45) is 0 Å². The number of carbonyl (C=O) groups excluding carboxylic acids is 1. The minimum atomic E-state index is -0.347. The predicted octanol–water partition coefficient (Wildman–Crippen LogP) is 3.31. The molecule has 1 heterocycles. The van der Waals surface area contributed by atoms with Crippen LogP contribution in [0.4, 0.5) is 4.39 Å². The third-order valence-electron chi connectivity index (χ3n) is 4.02. The molecular weight excluding hydrogens is 349 g/mol. The van der Waals surface area contributed by atoms with E-state index in [4.69, 9.17) is 9.15 Å². The quantitative estimate of drug-likeness (QED) is 0.679. The molecule has 0 bridgehead atoms. The Morgan fingerprint density at radius 3 is 2.89 bits per heavy atom. The van der Waals surface area contributed by atoms with E-state index in [0.29, 0.717) is 29.7 Å². The van der Waals surface area contributed by atoms with Crippen LogP contribution in [0.2, 0.25) is 0 Å². The third kappa shape index (κ3) is 4.61. The summed E-state index contributed by atoms with van der Waals surface area (Å²) in [5.41, 5.74) is 1.25. The monoisotopic (exact) mass is 367 g/mol. The molecule has 27 heavy (non-hydrogen) atoms. The summed E-state index contributed by atoms with van der Waals surface area (Å²) in [6.45, 7) is 0.360. The van der Waals surface area contributed by atoms with Crippen LogP contribution in [-0.2, 0) is 11.2 Å². The Morgan fingerprint density at radius 1 is 1.26 bits per heavy atom. The van der Waals surface area contributed by atoms with Gasteiger partial charge in [-0.25, -0.2) is 4.39 Å². The average Bonchev–Trinajstić information content (AvgIpc) is 2.67. The molecule has 5 nitrogen and oxygen atoms in total. The Morgan fingerprint density at radius 2 is 2.11 bits per heavy atom. The van der Waals surface area contributed by atoms with Crippen LogP contribution in [0.1, 0.15) is 11.1 Å². The molecule has 1 aromatic heterocycles. The van der Waals surface area contributed by atoms with Crippen LogP contribution in [0.3, 0.4) is 0 Å². The van der Waals surface area contributed by atoms with E-state index in [1.54, 1.807) is 30.3 Å². The van der Waals surface area contributed by atoms with Crippen molar-refractivity contribution in [2.45, 2.75) is 6.42 Å². The number of rotatable bonds is 6. The second-order valence-corrected chi connectivity index (χ2v) is 5.89. The highest BCUT2D eigenvalue weighted by Crippen LogP contribution is 2.19. The van der Waals surface area contributed by atoms with Gasteiger partial charge in [0.1, 0.15) is 23.4 Å². The van der Waals surface area contributed by atoms with Gasteiger partial charge >= 0.3 is 0 Å². The highest BCUT2D eigenvalue weighted by atomic mass is 19.1. The van der Waals surface area contributed by atoms with Gasteiger partial charge in [-0.05, 0) is 42.3 Å². The van der Waals surface area contributed by atoms with E-state index in [2.05, 4.69) is 5.32 Å². The molecule has 0 saturated heterocycles. The lowest BCUT2D eigenvalue weighted by molar-refractivity contribution is -0.116. The summed E-state index contributed by atoms with van der Waals surface area (Å²) >= 11 is 0.